The van der Waals surface area contributed by atoms with Gasteiger partial charge in [0.1, 0.15) is 12.7 Å². The molecular formula is C48H50N6O13. The summed E-state index contributed by atoms with van der Waals surface area (Å²) in [5.74, 6) is -2.87. The summed E-state index contributed by atoms with van der Waals surface area (Å²) in [7, 11) is 2.70. The molecule has 0 aromatic carbocycles. The van der Waals surface area contributed by atoms with Crippen LogP contribution in [0, 0.1) is 6.92 Å². The number of hydrogen-bond donors (Lipinski definition) is 3. The molecule has 4 aromatic heterocycles. The maximum Gasteiger partial charge on any atom is 0.330 e. The summed E-state index contributed by atoms with van der Waals surface area (Å²) in [6.07, 6.45) is 2.21. The molecule has 1 saturated heterocycles. The van der Waals surface area contributed by atoms with Gasteiger partial charge in [0.05, 0.1) is 42.6 Å². The van der Waals surface area contributed by atoms with Gasteiger partial charge in [-0.15, -0.1) is 0 Å². The van der Waals surface area contributed by atoms with Gasteiger partial charge in [-0.05, 0) is 104 Å². The average Bonchev–Trinajstić information content (AvgIpc) is 4.05. The van der Waals surface area contributed by atoms with Crippen LogP contribution in [0.1, 0.15) is 98.7 Å². The second kappa shape index (κ2) is 19.8. The summed E-state index contributed by atoms with van der Waals surface area (Å²) in [6.45, 7) is 8.81. The molecule has 0 saturated carbocycles. The third-order valence-corrected chi connectivity index (χ3v) is 11.5. The van der Waals surface area contributed by atoms with Crippen LogP contribution in [0.25, 0.3) is 50.9 Å². The van der Waals surface area contributed by atoms with Gasteiger partial charge < -0.3 is 38.4 Å². The largest absolute Gasteiger partial charge is 0.469 e. The number of aromatic amines is 3. The SMILES string of the molecule is COC(=O)CCc1cc2cc3nc(cc4nc(cc5[nH]c(cc1[nH]2)c(CCC(=O)OC)c5C)C(C)=C4/C=C/c1cn([C@@H]2O[C@H](COC(C)=O)C(OC(C)=O)[C@@H]2OC(C)=O)c(=O)[nH]c1=O)C(C)=C3. The Hall–Kier alpha value is -7.67. The topological polar surface area (TPSA) is 253 Å². The van der Waals surface area contributed by atoms with Crippen LogP contribution in [0.2, 0.25) is 0 Å². The van der Waals surface area contributed by atoms with Gasteiger partial charge in [0.15, 0.2) is 18.4 Å². The summed E-state index contributed by atoms with van der Waals surface area (Å²) in [5, 5.41) is 0. The summed E-state index contributed by atoms with van der Waals surface area (Å²) in [4.78, 5) is 107. The van der Waals surface area contributed by atoms with E-state index in [1.54, 1.807) is 6.08 Å². The normalized spacial score (nSPS) is 17.9. The molecule has 67 heavy (non-hydrogen) atoms. The van der Waals surface area contributed by atoms with Crippen molar-refractivity contribution in [1.29, 1.82) is 0 Å². The second-order valence-corrected chi connectivity index (χ2v) is 16.2. The molecule has 0 spiro atoms. The molecule has 3 aliphatic rings. The van der Waals surface area contributed by atoms with Crippen molar-refractivity contribution in [2.45, 2.75) is 91.8 Å². The van der Waals surface area contributed by atoms with Crippen molar-refractivity contribution >= 4 is 80.8 Å². The molecule has 0 amide bonds. The lowest BCUT2D eigenvalue weighted by Gasteiger charge is -2.24. The van der Waals surface area contributed by atoms with E-state index in [1.165, 1.54) is 33.4 Å². The number of ether oxygens (including phenoxy) is 6. The van der Waals surface area contributed by atoms with Crippen LogP contribution in [0.4, 0.5) is 0 Å². The van der Waals surface area contributed by atoms with E-state index in [9.17, 15) is 33.6 Å². The van der Waals surface area contributed by atoms with Gasteiger partial charge in [0.25, 0.3) is 5.56 Å². The van der Waals surface area contributed by atoms with Crippen LogP contribution in [-0.2, 0) is 65.2 Å². The van der Waals surface area contributed by atoms with E-state index in [0.29, 0.717) is 41.2 Å². The fraction of sp³-hybridized carbons (Fsp3) is 0.354. The fourth-order valence-electron chi connectivity index (χ4n) is 8.20. The minimum atomic E-state index is -1.42. The molecule has 1 unspecified atom stereocenters. The number of hydrogen-bond acceptors (Lipinski definition) is 15. The average molecular weight is 919 g/mol. The number of aryl methyl sites for hydroxylation is 3. The van der Waals surface area contributed by atoms with Gasteiger partial charge >= 0.3 is 35.5 Å². The highest BCUT2D eigenvalue weighted by Gasteiger charge is 2.51. The zero-order valence-electron chi connectivity index (χ0n) is 38.2. The summed E-state index contributed by atoms with van der Waals surface area (Å²) in [5.41, 5.74) is 8.56. The summed E-state index contributed by atoms with van der Waals surface area (Å²) < 4.78 is 33.1. The predicted octanol–water partition coefficient (Wildman–Crippen LogP) is 5.21. The molecule has 7 heterocycles. The molecule has 0 aliphatic carbocycles. The maximum absolute atomic E-state index is 13.4. The molecule has 8 bridgehead atoms. The highest BCUT2D eigenvalue weighted by molar-refractivity contribution is 5.99. The first-order valence-electron chi connectivity index (χ1n) is 21.4. The molecule has 350 valence electrons. The maximum atomic E-state index is 13.4. The molecule has 3 N–H and O–H groups in total. The van der Waals surface area contributed by atoms with Gasteiger partial charge in [-0.3, -0.25) is 38.3 Å². The van der Waals surface area contributed by atoms with E-state index in [0.717, 1.165) is 68.3 Å². The summed E-state index contributed by atoms with van der Waals surface area (Å²) in [6, 6.07) is 9.56. The predicted molar refractivity (Wildman–Crippen MR) is 244 cm³/mol. The standard InChI is InChI=1S/C48H50N6O13/c1-23-15-31-17-32-16-29(10-13-42(58)62-7)38(50-32)20-40-34(12-14-43(59)63-8)25(3)37(52-40)19-36-24(2)33(39(51-36)18-35(23)49-31)11-9-30-21-54(48(61)53-46(30)60)47-45(66-28(6)57)44(65-27(5)56)41(67-47)22-64-26(4)55/h9,11,15-21,41,44-45,47,50,52H,10,12-14,22H2,1-8H3,(H,53,60,61)/b11-9+,31-17?,32-17?,35-18?,36-19?,37-19?,38-20?,39-18?,40-20?/t41-,44?,45+,47-/m1/s1. The van der Waals surface area contributed by atoms with E-state index in [4.69, 9.17) is 38.4 Å². The molecule has 1 fully saturated rings. The molecule has 3 aliphatic heterocycles. The minimum absolute atomic E-state index is 0.000974. The monoisotopic (exact) mass is 918 g/mol. The highest BCUT2D eigenvalue weighted by Crippen LogP contribution is 2.36. The Morgan fingerprint density at radius 3 is 2.13 bits per heavy atom. The lowest BCUT2D eigenvalue weighted by Crippen LogP contribution is -2.42. The van der Waals surface area contributed by atoms with E-state index in [-0.39, 0.29) is 30.3 Å². The van der Waals surface area contributed by atoms with Crippen molar-refractivity contribution in [2.24, 2.45) is 0 Å². The van der Waals surface area contributed by atoms with Crippen LogP contribution in [0.5, 0.6) is 0 Å². The van der Waals surface area contributed by atoms with Crippen LogP contribution in [0.15, 0.2) is 52.2 Å². The number of carbonyl (C=O) groups is 5. The Balaban J connectivity index is 1.38. The lowest BCUT2D eigenvalue weighted by molar-refractivity contribution is -0.166. The van der Waals surface area contributed by atoms with Crippen molar-refractivity contribution in [3.05, 3.63) is 108 Å². The number of allylic oxidation sites excluding steroid dienone is 4. The number of nitrogens with zero attached hydrogens (tertiary/aromatic N) is 3. The second-order valence-electron chi connectivity index (χ2n) is 16.2. The lowest BCUT2D eigenvalue weighted by atomic mass is 10.0. The number of rotatable bonds is 13. The van der Waals surface area contributed by atoms with Crippen LogP contribution in [0.3, 0.4) is 0 Å². The molecular weight excluding hydrogens is 869 g/mol. The Kier molecular flexibility index (Phi) is 14.0. The van der Waals surface area contributed by atoms with E-state index < -0.39 is 60.3 Å². The fourth-order valence-corrected chi connectivity index (χ4v) is 8.20. The zero-order valence-corrected chi connectivity index (χ0v) is 38.2. The van der Waals surface area contributed by atoms with Crippen molar-refractivity contribution in [3.8, 4) is 0 Å². The Morgan fingerprint density at radius 2 is 1.45 bits per heavy atom. The Labute approximate surface area is 382 Å². The minimum Gasteiger partial charge on any atom is -0.469 e. The summed E-state index contributed by atoms with van der Waals surface area (Å²) >= 11 is 0. The molecule has 19 nitrogen and oxygen atoms in total. The van der Waals surface area contributed by atoms with Gasteiger partial charge in [-0.25, -0.2) is 14.8 Å². The number of fused-ring (bicyclic) bond motifs is 8. The van der Waals surface area contributed by atoms with Crippen molar-refractivity contribution in [3.63, 3.8) is 0 Å². The van der Waals surface area contributed by atoms with Crippen LogP contribution < -0.4 is 11.2 Å². The first-order chi connectivity index (χ1) is 31.9. The van der Waals surface area contributed by atoms with Crippen molar-refractivity contribution in [1.82, 2.24) is 29.5 Å². The Morgan fingerprint density at radius 1 is 0.746 bits per heavy atom. The quantitative estimate of drug-likeness (QED) is 0.115. The molecule has 7 rings (SSSR count). The number of nitrogens with one attached hydrogen (secondary N) is 3. The Bertz CT molecular complexity index is 3080. The number of H-pyrrole nitrogens is 3. The van der Waals surface area contributed by atoms with E-state index in [2.05, 4.69) is 15.0 Å². The third kappa shape index (κ3) is 10.6. The van der Waals surface area contributed by atoms with Gasteiger partial charge in [0.2, 0.25) is 0 Å². The zero-order chi connectivity index (χ0) is 48.3. The van der Waals surface area contributed by atoms with Crippen LogP contribution in [-0.4, -0.2) is 98.5 Å². The highest BCUT2D eigenvalue weighted by atomic mass is 16.7. The van der Waals surface area contributed by atoms with Gasteiger partial charge in [0, 0.05) is 67.4 Å². The molecule has 0 radical (unpaired) electrons. The number of methoxy groups -OCH3 is 2. The van der Waals surface area contributed by atoms with E-state index in [1.807, 2.05) is 57.2 Å². The molecule has 4 atom stereocenters. The van der Waals surface area contributed by atoms with E-state index >= 15 is 0 Å². The van der Waals surface area contributed by atoms with Gasteiger partial charge in [-0.1, -0.05) is 6.08 Å². The number of aromatic nitrogens is 6. The first-order valence-corrected chi connectivity index (χ1v) is 21.4. The third-order valence-electron chi connectivity index (χ3n) is 11.5. The van der Waals surface area contributed by atoms with Crippen molar-refractivity contribution in [2.75, 3.05) is 20.8 Å². The smallest absolute Gasteiger partial charge is 0.330 e. The van der Waals surface area contributed by atoms with Crippen LogP contribution >= 0.6 is 0 Å². The first kappa shape index (κ1) is 47.3. The van der Waals surface area contributed by atoms with Gasteiger partial charge in [-0.2, -0.15) is 0 Å². The molecule has 4 aromatic rings. The molecule has 19 heteroatoms. The number of carbonyl (C=O) groups excluding carboxylic acids is 5. The number of esters is 5. The van der Waals surface area contributed by atoms with Crippen molar-refractivity contribution < 1.29 is 52.4 Å².